The number of allylic oxidation sites excluding steroid dienone is 2. The van der Waals surface area contributed by atoms with Crippen molar-refractivity contribution in [2.24, 2.45) is 0 Å². The lowest BCUT2D eigenvalue weighted by Gasteiger charge is -2.26. The monoisotopic (exact) mass is 168 g/mol. The minimum absolute atomic E-state index is 0. The van der Waals surface area contributed by atoms with Gasteiger partial charge in [-0.3, -0.25) is 0 Å². The first-order valence-electron chi connectivity index (χ1n) is 3.55. The van der Waals surface area contributed by atoms with Crippen LogP contribution in [0.25, 0.3) is 0 Å². The molecule has 0 aromatic rings. The van der Waals surface area contributed by atoms with E-state index in [1.807, 2.05) is 24.3 Å². The molecule has 2 bridgehead atoms. The van der Waals surface area contributed by atoms with Crippen molar-refractivity contribution in [2.45, 2.75) is 5.79 Å². The summed E-state index contributed by atoms with van der Waals surface area (Å²) in [5, 5.41) is 0. The summed E-state index contributed by atoms with van der Waals surface area (Å²) in [7, 11) is 3.31. The van der Waals surface area contributed by atoms with E-state index >= 15 is 0 Å². The molecule has 0 heterocycles. The van der Waals surface area contributed by atoms with Crippen LogP contribution in [-0.2, 0) is 9.47 Å². The molecule has 3 nitrogen and oxygen atoms in total. The maximum atomic E-state index is 5.31. The standard InChI is InChI=1S/C9H10O2.H2O/c1-10-9(11-2)7-3-4-8(9)6-5-7;/h3-6H,1-2H3;1H2. The van der Waals surface area contributed by atoms with Gasteiger partial charge in [0.25, 0.3) is 0 Å². The Kier molecular flexibility index (Phi) is 2.19. The second kappa shape index (κ2) is 2.86. The summed E-state index contributed by atoms with van der Waals surface area (Å²) < 4.78 is 10.6. The predicted molar refractivity (Wildman–Crippen MR) is 45.7 cm³/mol. The fraction of sp³-hybridized carbons (Fsp3) is 0.333. The Bertz CT molecular complexity index is 245. The third-order valence-corrected chi connectivity index (χ3v) is 2.22. The molecule has 0 aliphatic heterocycles. The molecule has 0 aromatic carbocycles. The summed E-state index contributed by atoms with van der Waals surface area (Å²) in [6, 6.07) is 0. The molecule has 0 radical (unpaired) electrons. The Labute approximate surface area is 71.3 Å². The molecule has 2 aliphatic rings. The third-order valence-electron chi connectivity index (χ3n) is 2.22. The highest BCUT2D eigenvalue weighted by molar-refractivity contribution is 5.58. The Morgan fingerprint density at radius 1 is 1.00 bits per heavy atom. The van der Waals surface area contributed by atoms with E-state index in [0.717, 1.165) is 11.1 Å². The molecule has 12 heavy (non-hydrogen) atoms. The van der Waals surface area contributed by atoms with Crippen LogP contribution >= 0.6 is 0 Å². The van der Waals surface area contributed by atoms with Crippen molar-refractivity contribution in [3.05, 3.63) is 35.5 Å². The van der Waals surface area contributed by atoms with Crippen LogP contribution in [0.15, 0.2) is 35.5 Å². The Morgan fingerprint density at radius 2 is 1.42 bits per heavy atom. The van der Waals surface area contributed by atoms with Gasteiger partial charge in [-0.1, -0.05) is 24.3 Å². The fourth-order valence-electron chi connectivity index (χ4n) is 1.63. The van der Waals surface area contributed by atoms with Gasteiger partial charge in [0, 0.05) is 25.4 Å². The molecule has 0 unspecified atom stereocenters. The van der Waals surface area contributed by atoms with Crippen molar-refractivity contribution < 1.29 is 14.9 Å². The van der Waals surface area contributed by atoms with Gasteiger partial charge in [0.2, 0.25) is 5.79 Å². The molecule has 0 amide bonds. The minimum Gasteiger partial charge on any atom is -0.412 e. The average molecular weight is 168 g/mol. The lowest BCUT2D eigenvalue weighted by molar-refractivity contribution is -0.141. The quantitative estimate of drug-likeness (QED) is 0.566. The average Bonchev–Trinajstić information content (AvgIpc) is 2.59. The van der Waals surface area contributed by atoms with Crippen LogP contribution in [0, 0.1) is 0 Å². The van der Waals surface area contributed by atoms with Crippen molar-refractivity contribution in [3.63, 3.8) is 0 Å². The zero-order chi connectivity index (χ0) is 7.90. The van der Waals surface area contributed by atoms with Gasteiger partial charge in [-0.2, -0.15) is 0 Å². The van der Waals surface area contributed by atoms with E-state index in [1.54, 1.807) is 14.2 Å². The van der Waals surface area contributed by atoms with Crippen molar-refractivity contribution >= 4 is 0 Å². The molecule has 0 saturated carbocycles. The van der Waals surface area contributed by atoms with Gasteiger partial charge in [-0.15, -0.1) is 0 Å². The van der Waals surface area contributed by atoms with Gasteiger partial charge in [0.05, 0.1) is 0 Å². The molecule has 3 heteroatoms. The summed E-state index contributed by atoms with van der Waals surface area (Å²) in [6.07, 6.45) is 8.06. The highest BCUT2D eigenvalue weighted by Crippen LogP contribution is 2.41. The van der Waals surface area contributed by atoms with E-state index in [1.165, 1.54) is 0 Å². The molecule has 0 spiro atoms. The zero-order valence-electron chi connectivity index (χ0n) is 7.13. The number of fused-ring (bicyclic) bond motifs is 2. The molecular weight excluding hydrogens is 156 g/mol. The van der Waals surface area contributed by atoms with Crippen LogP contribution in [0.3, 0.4) is 0 Å². The summed E-state index contributed by atoms with van der Waals surface area (Å²) in [5.74, 6) is -0.583. The Morgan fingerprint density at radius 3 is 1.58 bits per heavy atom. The van der Waals surface area contributed by atoms with E-state index in [0.29, 0.717) is 0 Å². The summed E-state index contributed by atoms with van der Waals surface area (Å²) in [4.78, 5) is 0. The predicted octanol–water partition coefficient (Wildman–Crippen LogP) is 0.587. The number of hydrogen-bond acceptors (Lipinski definition) is 2. The van der Waals surface area contributed by atoms with E-state index in [2.05, 4.69) is 0 Å². The number of rotatable bonds is 2. The molecule has 2 aliphatic carbocycles. The third kappa shape index (κ3) is 0.813. The summed E-state index contributed by atoms with van der Waals surface area (Å²) in [6.45, 7) is 0. The summed E-state index contributed by atoms with van der Waals surface area (Å²) >= 11 is 0. The molecule has 0 aromatic heterocycles. The van der Waals surface area contributed by atoms with Crippen LogP contribution in [-0.4, -0.2) is 25.5 Å². The van der Waals surface area contributed by atoms with Gasteiger partial charge in [-0.25, -0.2) is 0 Å². The molecule has 2 rings (SSSR count). The molecule has 0 fully saturated rings. The van der Waals surface area contributed by atoms with Crippen molar-refractivity contribution in [1.82, 2.24) is 0 Å². The summed E-state index contributed by atoms with van der Waals surface area (Å²) in [5.41, 5.74) is 2.16. The Hall–Kier alpha value is -0.900. The maximum absolute atomic E-state index is 5.31. The lowest BCUT2D eigenvalue weighted by atomic mass is 10.1. The zero-order valence-corrected chi connectivity index (χ0v) is 7.13. The van der Waals surface area contributed by atoms with Gasteiger partial charge in [-0.05, 0) is 0 Å². The van der Waals surface area contributed by atoms with Crippen LogP contribution in [0.2, 0.25) is 0 Å². The molecule has 2 N–H and O–H groups in total. The SMILES string of the molecule is COC1(OC)C2=CC=C1C=C2.O. The number of hydrogen-bond donors (Lipinski definition) is 0. The van der Waals surface area contributed by atoms with Crippen molar-refractivity contribution in [3.8, 4) is 0 Å². The topological polar surface area (TPSA) is 50.0 Å². The van der Waals surface area contributed by atoms with Crippen LogP contribution in [0.4, 0.5) is 0 Å². The van der Waals surface area contributed by atoms with E-state index in [9.17, 15) is 0 Å². The largest absolute Gasteiger partial charge is 0.412 e. The molecule has 66 valence electrons. The molecular formula is C9H12O3. The normalized spacial score (nSPS) is 21.8. The van der Waals surface area contributed by atoms with Crippen LogP contribution in [0.5, 0.6) is 0 Å². The Balaban J connectivity index is 0.000000720. The van der Waals surface area contributed by atoms with Gasteiger partial charge in [0.1, 0.15) is 0 Å². The van der Waals surface area contributed by atoms with Crippen molar-refractivity contribution in [1.29, 1.82) is 0 Å². The first-order valence-corrected chi connectivity index (χ1v) is 3.55. The van der Waals surface area contributed by atoms with Gasteiger partial charge in [0.15, 0.2) is 0 Å². The van der Waals surface area contributed by atoms with Gasteiger partial charge < -0.3 is 14.9 Å². The smallest absolute Gasteiger partial charge is 0.221 e. The van der Waals surface area contributed by atoms with E-state index in [4.69, 9.17) is 9.47 Å². The lowest BCUT2D eigenvalue weighted by Crippen LogP contribution is -2.32. The highest BCUT2D eigenvalue weighted by Gasteiger charge is 2.42. The van der Waals surface area contributed by atoms with Crippen LogP contribution in [0.1, 0.15) is 0 Å². The highest BCUT2D eigenvalue weighted by atomic mass is 16.7. The van der Waals surface area contributed by atoms with E-state index in [-0.39, 0.29) is 5.48 Å². The number of ether oxygens (including phenoxy) is 2. The first-order chi connectivity index (χ1) is 5.33. The van der Waals surface area contributed by atoms with Gasteiger partial charge >= 0.3 is 0 Å². The second-order valence-corrected chi connectivity index (χ2v) is 2.60. The number of methoxy groups -OCH3 is 2. The van der Waals surface area contributed by atoms with Crippen molar-refractivity contribution in [2.75, 3.05) is 14.2 Å². The first kappa shape index (κ1) is 9.19. The molecule has 0 atom stereocenters. The minimum atomic E-state index is -0.583. The molecule has 0 saturated heterocycles. The van der Waals surface area contributed by atoms with E-state index < -0.39 is 5.79 Å². The fourth-order valence-corrected chi connectivity index (χ4v) is 1.63. The second-order valence-electron chi connectivity index (χ2n) is 2.60. The van der Waals surface area contributed by atoms with Crippen LogP contribution < -0.4 is 0 Å². The maximum Gasteiger partial charge on any atom is 0.221 e.